The Balaban J connectivity index is 0.00000182. The van der Waals surface area contributed by atoms with Crippen molar-refractivity contribution in [2.75, 3.05) is 19.6 Å². The summed E-state index contributed by atoms with van der Waals surface area (Å²) < 4.78 is 7.12. The zero-order valence-electron chi connectivity index (χ0n) is 13.5. The van der Waals surface area contributed by atoms with Gasteiger partial charge >= 0.3 is 0 Å². The van der Waals surface area contributed by atoms with E-state index in [9.17, 15) is 4.79 Å². The molecule has 1 aliphatic heterocycles. The molecule has 1 aromatic carbocycles. The van der Waals surface area contributed by atoms with E-state index in [1.165, 1.54) is 4.21 Å². The molecule has 4 nitrogen and oxygen atoms in total. The number of fused-ring (bicyclic) bond motifs is 1. The second-order valence-electron chi connectivity index (χ2n) is 5.86. The summed E-state index contributed by atoms with van der Waals surface area (Å²) in [6.07, 6.45) is 0. The highest BCUT2D eigenvalue weighted by Crippen LogP contribution is 2.33. The Kier molecular flexibility index (Phi) is 6.06. The highest BCUT2D eigenvalue weighted by molar-refractivity contribution is 8.00. The van der Waals surface area contributed by atoms with E-state index < -0.39 is 0 Å². The van der Waals surface area contributed by atoms with E-state index in [0.29, 0.717) is 18.2 Å². The van der Waals surface area contributed by atoms with E-state index in [1.807, 2.05) is 30.3 Å². The van der Waals surface area contributed by atoms with Gasteiger partial charge in [0.25, 0.3) is 5.91 Å². The van der Waals surface area contributed by atoms with E-state index in [4.69, 9.17) is 4.42 Å². The molecule has 0 radical (unpaired) electrons. The highest BCUT2D eigenvalue weighted by atomic mass is 35.5. The molecular weight excluding hydrogens is 376 g/mol. The first-order valence-corrected chi connectivity index (χ1v) is 9.83. The number of rotatable bonds is 6. The molecule has 2 N–H and O–H groups in total. The topological polar surface area (TPSA) is 54.3 Å². The Morgan fingerprint density at radius 1 is 1.28 bits per heavy atom. The second kappa shape index (κ2) is 8.27. The maximum absolute atomic E-state index is 12.6. The zero-order chi connectivity index (χ0) is 16.4. The molecule has 1 amide bonds. The maximum Gasteiger partial charge on any atom is 0.287 e. The summed E-state index contributed by atoms with van der Waals surface area (Å²) in [5.74, 6) is 1.60. The number of para-hydroxylation sites is 1. The van der Waals surface area contributed by atoms with Crippen LogP contribution < -0.4 is 10.6 Å². The molecule has 1 saturated heterocycles. The molecule has 3 heterocycles. The van der Waals surface area contributed by atoms with E-state index in [0.717, 1.165) is 35.4 Å². The standard InChI is InChI=1S/C18H18N2O2S2.ClH/c21-18(20-10-12-8-19-9-12)17-14(11-24-16-6-3-7-23-16)13-4-1-2-5-15(13)22-17;/h1-7,12,19H,8-11H2,(H,20,21);1H. The third-order valence-corrected chi connectivity index (χ3v) is 6.33. The number of carbonyl (C=O) groups is 1. The normalized spacial score (nSPS) is 14.1. The molecule has 4 rings (SSSR count). The molecule has 1 fully saturated rings. The number of amides is 1. The van der Waals surface area contributed by atoms with Crippen molar-refractivity contribution in [2.24, 2.45) is 5.92 Å². The van der Waals surface area contributed by atoms with Crippen molar-refractivity contribution >= 4 is 52.4 Å². The molecule has 0 aliphatic carbocycles. The minimum atomic E-state index is -0.111. The Hall–Kier alpha value is -1.47. The average molecular weight is 395 g/mol. The van der Waals surface area contributed by atoms with Crippen molar-refractivity contribution in [1.29, 1.82) is 0 Å². The molecule has 25 heavy (non-hydrogen) atoms. The van der Waals surface area contributed by atoms with Crippen LogP contribution in [0.2, 0.25) is 0 Å². The molecule has 7 heteroatoms. The number of thioether (sulfide) groups is 1. The van der Waals surface area contributed by atoms with E-state index in [2.05, 4.69) is 22.1 Å². The van der Waals surface area contributed by atoms with E-state index in [-0.39, 0.29) is 18.3 Å². The SMILES string of the molecule is Cl.O=C(NCC1CNC1)c1oc2ccccc2c1CSc1cccs1. The van der Waals surface area contributed by atoms with Crippen LogP contribution in [-0.2, 0) is 5.75 Å². The number of thiophene rings is 1. The largest absolute Gasteiger partial charge is 0.451 e. The maximum atomic E-state index is 12.6. The van der Waals surface area contributed by atoms with Crippen LogP contribution in [0, 0.1) is 5.92 Å². The van der Waals surface area contributed by atoms with Crippen LogP contribution in [0.15, 0.2) is 50.4 Å². The molecule has 3 aromatic rings. The van der Waals surface area contributed by atoms with Crippen molar-refractivity contribution in [3.8, 4) is 0 Å². The predicted octanol–water partition coefficient (Wildman–Crippen LogP) is 4.16. The predicted molar refractivity (Wildman–Crippen MR) is 106 cm³/mol. The van der Waals surface area contributed by atoms with Crippen molar-refractivity contribution in [3.63, 3.8) is 0 Å². The Morgan fingerprint density at radius 3 is 2.84 bits per heavy atom. The van der Waals surface area contributed by atoms with Gasteiger partial charge in [-0.05, 0) is 17.5 Å². The molecule has 0 bridgehead atoms. The van der Waals surface area contributed by atoms with Gasteiger partial charge in [0.05, 0.1) is 4.21 Å². The summed E-state index contributed by atoms with van der Waals surface area (Å²) in [5, 5.41) is 9.32. The van der Waals surface area contributed by atoms with Gasteiger partial charge < -0.3 is 15.1 Å². The van der Waals surface area contributed by atoms with Crippen molar-refractivity contribution in [1.82, 2.24) is 10.6 Å². The van der Waals surface area contributed by atoms with Gasteiger partial charge in [-0.3, -0.25) is 4.79 Å². The Labute approximate surface area is 160 Å². The fourth-order valence-electron chi connectivity index (χ4n) is 2.72. The van der Waals surface area contributed by atoms with Gasteiger partial charge in [0.1, 0.15) is 5.58 Å². The summed E-state index contributed by atoms with van der Waals surface area (Å²) in [6, 6.07) is 12.0. The van der Waals surface area contributed by atoms with Crippen LogP contribution in [-0.4, -0.2) is 25.5 Å². The van der Waals surface area contributed by atoms with Crippen LogP contribution in [0.1, 0.15) is 16.1 Å². The minimum absolute atomic E-state index is 0. The van der Waals surface area contributed by atoms with E-state index in [1.54, 1.807) is 23.1 Å². The Bertz CT molecular complexity index is 844. The average Bonchev–Trinajstić information content (AvgIpc) is 3.18. The van der Waals surface area contributed by atoms with Crippen molar-refractivity contribution in [2.45, 2.75) is 9.96 Å². The van der Waals surface area contributed by atoms with Gasteiger partial charge in [0.15, 0.2) is 5.76 Å². The molecule has 0 atom stereocenters. The molecule has 0 unspecified atom stereocenters. The minimum Gasteiger partial charge on any atom is -0.451 e. The van der Waals surface area contributed by atoms with E-state index >= 15 is 0 Å². The third kappa shape index (κ3) is 4.03. The number of carbonyl (C=O) groups excluding carboxylic acids is 1. The first-order valence-electron chi connectivity index (χ1n) is 7.97. The molecule has 132 valence electrons. The van der Waals surface area contributed by atoms with Gasteiger partial charge in [-0.25, -0.2) is 0 Å². The van der Waals surface area contributed by atoms with Crippen LogP contribution in [0.25, 0.3) is 11.0 Å². The molecule has 2 aromatic heterocycles. The van der Waals surface area contributed by atoms with Crippen molar-refractivity contribution < 1.29 is 9.21 Å². The molecule has 0 saturated carbocycles. The highest BCUT2D eigenvalue weighted by Gasteiger charge is 2.23. The van der Waals surface area contributed by atoms with Crippen LogP contribution in [0.5, 0.6) is 0 Å². The lowest BCUT2D eigenvalue weighted by Crippen LogP contribution is -2.48. The van der Waals surface area contributed by atoms with Crippen LogP contribution in [0.4, 0.5) is 0 Å². The third-order valence-electron chi connectivity index (χ3n) is 4.18. The summed E-state index contributed by atoms with van der Waals surface area (Å²) in [4.78, 5) is 12.6. The van der Waals surface area contributed by atoms with Gasteiger partial charge in [0.2, 0.25) is 0 Å². The lowest BCUT2D eigenvalue weighted by Gasteiger charge is -2.26. The summed E-state index contributed by atoms with van der Waals surface area (Å²) >= 11 is 3.45. The first-order chi connectivity index (χ1) is 11.8. The number of furan rings is 1. The van der Waals surface area contributed by atoms with Crippen LogP contribution >= 0.6 is 35.5 Å². The molecule has 0 spiro atoms. The van der Waals surface area contributed by atoms with Gasteiger partial charge in [-0.15, -0.1) is 35.5 Å². The Morgan fingerprint density at radius 2 is 2.12 bits per heavy atom. The summed E-state index contributed by atoms with van der Waals surface area (Å²) in [5.41, 5.74) is 1.75. The second-order valence-corrected chi connectivity index (χ2v) is 8.08. The zero-order valence-corrected chi connectivity index (χ0v) is 15.9. The molecular formula is C18H19ClN2O2S2. The van der Waals surface area contributed by atoms with Gasteiger partial charge in [0, 0.05) is 42.3 Å². The monoisotopic (exact) mass is 394 g/mol. The summed E-state index contributed by atoms with van der Waals surface area (Å²) in [7, 11) is 0. The lowest BCUT2D eigenvalue weighted by atomic mass is 10.0. The first kappa shape index (κ1) is 18.3. The van der Waals surface area contributed by atoms with Crippen molar-refractivity contribution in [3.05, 3.63) is 53.1 Å². The lowest BCUT2D eigenvalue weighted by molar-refractivity contribution is 0.0915. The molecule has 1 aliphatic rings. The fraction of sp³-hybridized carbons (Fsp3) is 0.278. The quantitative estimate of drug-likeness (QED) is 0.616. The fourth-order valence-corrected chi connectivity index (χ4v) is 4.54. The summed E-state index contributed by atoms with van der Waals surface area (Å²) in [6.45, 7) is 2.64. The number of hydrogen-bond acceptors (Lipinski definition) is 5. The van der Waals surface area contributed by atoms with Crippen LogP contribution in [0.3, 0.4) is 0 Å². The number of halogens is 1. The van der Waals surface area contributed by atoms with Gasteiger partial charge in [-0.2, -0.15) is 0 Å². The van der Waals surface area contributed by atoms with Gasteiger partial charge in [-0.1, -0.05) is 24.3 Å². The smallest absolute Gasteiger partial charge is 0.287 e. The number of benzene rings is 1. The number of nitrogens with one attached hydrogen (secondary N) is 2. The number of hydrogen-bond donors (Lipinski definition) is 2.